The summed E-state index contributed by atoms with van der Waals surface area (Å²) >= 11 is 13.6. The summed E-state index contributed by atoms with van der Waals surface area (Å²) < 4.78 is 5.24. The SMILES string of the molecule is CCOC(=O)c1c(-c2ccccc2)csc1N=C1C(=O)Nc2c(Cl)cc(Cl)cc21. The van der Waals surface area contributed by atoms with Crippen molar-refractivity contribution in [1.82, 2.24) is 0 Å². The number of rotatable bonds is 4. The van der Waals surface area contributed by atoms with Crippen molar-refractivity contribution < 1.29 is 14.3 Å². The fourth-order valence-electron chi connectivity index (χ4n) is 3.06. The molecule has 1 amide bonds. The molecule has 1 aliphatic heterocycles. The molecule has 0 radical (unpaired) electrons. The van der Waals surface area contributed by atoms with Crippen LogP contribution in [-0.4, -0.2) is 24.2 Å². The minimum absolute atomic E-state index is 0.149. The molecule has 4 rings (SSSR count). The summed E-state index contributed by atoms with van der Waals surface area (Å²) in [5, 5.41) is 5.64. The van der Waals surface area contributed by atoms with E-state index in [1.807, 2.05) is 35.7 Å². The Labute approximate surface area is 180 Å². The van der Waals surface area contributed by atoms with Crippen molar-refractivity contribution in [3.8, 4) is 11.1 Å². The van der Waals surface area contributed by atoms with Crippen LogP contribution in [0, 0.1) is 0 Å². The number of fused-ring (bicyclic) bond motifs is 1. The maximum atomic E-state index is 12.7. The van der Waals surface area contributed by atoms with Crippen LogP contribution in [-0.2, 0) is 9.53 Å². The summed E-state index contributed by atoms with van der Waals surface area (Å²) in [7, 11) is 0. The number of ether oxygens (including phenoxy) is 1. The molecule has 1 aliphatic rings. The van der Waals surface area contributed by atoms with Crippen LogP contribution in [0.1, 0.15) is 22.8 Å². The number of carbonyl (C=O) groups is 2. The van der Waals surface area contributed by atoms with Gasteiger partial charge in [-0.25, -0.2) is 9.79 Å². The summed E-state index contributed by atoms with van der Waals surface area (Å²) in [6.07, 6.45) is 0. The van der Waals surface area contributed by atoms with E-state index >= 15 is 0 Å². The first-order valence-electron chi connectivity index (χ1n) is 8.73. The molecule has 2 aromatic carbocycles. The summed E-state index contributed by atoms with van der Waals surface area (Å²) in [5.41, 5.74) is 2.99. The molecule has 146 valence electrons. The van der Waals surface area contributed by atoms with Crippen LogP contribution in [0.25, 0.3) is 11.1 Å². The Kier molecular flexibility index (Phi) is 5.41. The van der Waals surface area contributed by atoms with Crippen LogP contribution in [0.2, 0.25) is 10.0 Å². The van der Waals surface area contributed by atoms with Crippen LogP contribution < -0.4 is 5.32 Å². The highest BCUT2D eigenvalue weighted by molar-refractivity contribution is 7.15. The van der Waals surface area contributed by atoms with E-state index in [1.165, 1.54) is 11.3 Å². The minimum atomic E-state index is -0.491. The fraction of sp³-hybridized carbons (Fsp3) is 0.0952. The normalized spacial score (nSPS) is 14.0. The first-order chi connectivity index (χ1) is 14.0. The van der Waals surface area contributed by atoms with E-state index in [0.29, 0.717) is 37.4 Å². The predicted octanol–water partition coefficient (Wildman–Crippen LogP) is 5.97. The number of halogens is 2. The van der Waals surface area contributed by atoms with Crippen molar-refractivity contribution in [3.63, 3.8) is 0 Å². The number of benzene rings is 2. The van der Waals surface area contributed by atoms with Gasteiger partial charge in [0.1, 0.15) is 16.3 Å². The highest BCUT2D eigenvalue weighted by Crippen LogP contribution is 2.40. The van der Waals surface area contributed by atoms with Gasteiger partial charge in [-0.2, -0.15) is 0 Å². The number of hydrogen-bond donors (Lipinski definition) is 1. The van der Waals surface area contributed by atoms with Crippen molar-refractivity contribution in [1.29, 1.82) is 0 Å². The lowest BCUT2D eigenvalue weighted by Crippen LogP contribution is -2.14. The molecule has 8 heteroatoms. The Morgan fingerprint density at radius 3 is 2.66 bits per heavy atom. The smallest absolute Gasteiger partial charge is 0.341 e. The zero-order valence-corrected chi connectivity index (χ0v) is 17.5. The summed E-state index contributed by atoms with van der Waals surface area (Å²) in [5.74, 6) is -0.900. The molecule has 1 N–H and O–H groups in total. The molecule has 0 spiro atoms. The van der Waals surface area contributed by atoms with Crippen molar-refractivity contribution in [2.45, 2.75) is 6.92 Å². The Hall–Kier alpha value is -2.67. The third-order valence-corrected chi connectivity index (χ3v) is 5.70. The van der Waals surface area contributed by atoms with Crippen molar-refractivity contribution in [3.05, 3.63) is 69.0 Å². The quantitative estimate of drug-likeness (QED) is 0.503. The highest BCUT2D eigenvalue weighted by atomic mass is 35.5. The molecule has 0 bridgehead atoms. The number of hydrogen-bond acceptors (Lipinski definition) is 5. The van der Waals surface area contributed by atoms with Gasteiger partial charge >= 0.3 is 5.97 Å². The number of esters is 1. The Morgan fingerprint density at radius 2 is 1.93 bits per heavy atom. The zero-order valence-electron chi connectivity index (χ0n) is 15.2. The van der Waals surface area contributed by atoms with Gasteiger partial charge in [0.05, 0.1) is 17.3 Å². The van der Waals surface area contributed by atoms with Gasteiger partial charge in [-0.05, 0) is 24.6 Å². The van der Waals surface area contributed by atoms with E-state index < -0.39 is 11.9 Å². The molecular formula is C21H14Cl2N2O3S. The second kappa shape index (κ2) is 7.99. The van der Waals surface area contributed by atoms with Crippen molar-refractivity contribution in [2.75, 3.05) is 11.9 Å². The van der Waals surface area contributed by atoms with Gasteiger partial charge in [-0.1, -0.05) is 53.5 Å². The largest absolute Gasteiger partial charge is 0.462 e. The second-order valence-electron chi connectivity index (χ2n) is 6.14. The van der Waals surface area contributed by atoms with E-state index in [9.17, 15) is 9.59 Å². The third-order valence-electron chi connectivity index (χ3n) is 4.31. The molecule has 0 saturated carbocycles. The maximum absolute atomic E-state index is 12.7. The molecule has 3 aromatic rings. The van der Waals surface area contributed by atoms with Crippen LogP contribution in [0.15, 0.2) is 52.8 Å². The number of amides is 1. The average Bonchev–Trinajstić information content (AvgIpc) is 3.25. The lowest BCUT2D eigenvalue weighted by atomic mass is 10.0. The Bertz CT molecular complexity index is 1160. The molecule has 0 fully saturated rings. The summed E-state index contributed by atoms with van der Waals surface area (Å²) in [6, 6.07) is 12.6. The van der Waals surface area contributed by atoms with Gasteiger partial charge in [-0.3, -0.25) is 4.79 Å². The highest BCUT2D eigenvalue weighted by Gasteiger charge is 2.30. The van der Waals surface area contributed by atoms with Gasteiger partial charge in [-0.15, -0.1) is 11.3 Å². The number of aliphatic imine (C=N–C) groups is 1. The van der Waals surface area contributed by atoms with E-state index in [1.54, 1.807) is 19.1 Å². The van der Waals surface area contributed by atoms with Gasteiger partial charge in [0.25, 0.3) is 5.91 Å². The second-order valence-corrected chi connectivity index (χ2v) is 7.84. The first kappa shape index (κ1) is 19.6. The molecule has 1 aromatic heterocycles. The molecule has 0 aliphatic carbocycles. The third kappa shape index (κ3) is 3.67. The van der Waals surface area contributed by atoms with E-state index in [0.717, 1.165) is 5.56 Å². The van der Waals surface area contributed by atoms with Crippen LogP contribution >= 0.6 is 34.5 Å². The Balaban J connectivity index is 1.88. The number of anilines is 1. The predicted molar refractivity (Wildman–Crippen MR) is 117 cm³/mol. The number of thiophene rings is 1. The van der Waals surface area contributed by atoms with E-state index in [2.05, 4.69) is 10.3 Å². The van der Waals surface area contributed by atoms with Gasteiger partial charge in [0.2, 0.25) is 0 Å². The average molecular weight is 445 g/mol. The Morgan fingerprint density at radius 1 is 1.17 bits per heavy atom. The zero-order chi connectivity index (χ0) is 20.5. The van der Waals surface area contributed by atoms with Crippen molar-refractivity contribution in [2.24, 2.45) is 4.99 Å². The van der Waals surface area contributed by atoms with Crippen molar-refractivity contribution >= 4 is 62.8 Å². The number of nitrogens with one attached hydrogen (secondary N) is 1. The van der Waals surface area contributed by atoms with Crippen LogP contribution in [0.5, 0.6) is 0 Å². The molecule has 29 heavy (non-hydrogen) atoms. The summed E-state index contributed by atoms with van der Waals surface area (Å²) in [6.45, 7) is 1.97. The molecular weight excluding hydrogens is 431 g/mol. The monoisotopic (exact) mass is 444 g/mol. The number of carbonyl (C=O) groups excluding carboxylic acids is 2. The van der Waals surface area contributed by atoms with E-state index in [4.69, 9.17) is 27.9 Å². The maximum Gasteiger partial charge on any atom is 0.341 e. The fourth-order valence-corrected chi connectivity index (χ4v) is 4.53. The lowest BCUT2D eigenvalue weighted by Gasteiger charge is -2.06. The molecule has 0 saturated heterocycles. The molecule has 2 heterocycles. The van der Waals surface area contributed by atoms with E-state index in [-0.39, 0.29) is 12.3 Å². The molecule has 0 unspecified atom stereocenters. The lowest BCUT2D eigenvalue weighted by molar-refractivity contribution is -0.110. The van der Waals surface area contributed by atoms with Crippen LogP contribution in [0.3, 0.4) is 0 Å². The van der Waals surface area contributed by atoms with Crippen LogP contribution in [0.4, 0.5) is 10.7 Å². The van der Waals surface area contributed by atoms with Gasteiger partial charge in [0, 0.05) is 21.5 Å². The standard InChI is InChI=1S/C21H14Cl2N2O3S/c1-2-28-21(27)16-14(11-6-4-3-5-7-11)10-29-20(16)25-18-13-8-12(22)9-15(23)17(13)24-19(18)26/h3-10H,2H2,1H3,(H,24,25,26). The summed E-state index contributed by atoms with van der Waals surface area (Å²) in [4.78, 5) is 29.7. The minimum Gasteiger partial charge on any atom is -0.462 e. The number of nitrogens with zero attached hydrogens (tertiary/aromatic N) is 1. The van der Waals surface area contributed by atoms with Gasteiger partial charge < -0.3 is 10.1 Å². The molecule has 5 nitrogen and oxygen atoms in total. The topological polar surface area (TPSA) is 67.8 Å². The molecule has 0 atom stereocenters. The van der Waals surface area contributed by atoms with Gasteiger partial charge in [0.15, 0.2) is 0 Å². The first-order valence-corrected chi connectivity index (χ1v) is 10.4.